The van der Waals surface area contributed by atoms with Crippen LogP contribution in [0.1, 0.15) is 12.8 Å². The van der Waals surface area contributed by atoms with Crippen LogP contribution in [0.15, 0.2) is 12.1 Å². The molecule has 0 bridgehead atoms. The molecule has 1 aliphatic rings. The van der Waals surface area contributed by atoms with Gasteiger partial charge in [-0.3, -0.25) is 9.69 Å². The third-order valence-electron chi connectivity index (χ3n) is 3.73. The maximum atomic E-state index is 12.2. The summed E-state index contributed by atoms with van der Waals surface area (Å²) in [4.78, 5) is 14.4. The van der Waals surface area contributed by atoms with Crippen molar-refractivity contribution < 1.29 is 4.79 Å². The van der Waals surface area contributed by atoms with Gasteiger partial charge < -0.3 is 10.6 Å². The predicted octanol–water partition coefficient (Wildman–Crippen LogP) is 3.52. The number of amides is 1. The Kier molecular flexibility index (Phi) is 6.78. The zero-order valence-electron chi connectivity index (χ0n) is 12.5. The largest absolute Gasteiger partial charge is 0.322 e. The average Bonchev–Trinajstić information content (AvgIpc) is 2.43. The summed E-state index contributed by atoms with van der Waals surface area (Å²) in [7, 11) is 1.95. The lowest BCUT2D eigenvalue weighted by molar-refractivity contribution is -0.117. The highest BCUT2D eigenvalue weighted by Crippen LogP contribution is 2.33. The Morgan fingerprint density at radius 2 is 2.00 bits per heavy atom. The Balaban J connectivity index is 1.93. The number of hydrogen-bond donors (Lipinski definition) is 2. The van der Waals surface area contributed by atoms with Crippen molar-refractivity contribution in [2.45, 2.75) is 12.8 Å². The molecule has 0 saturated carbocycles. The van der Waals surface area contributed by atoms with Gasteiger partial charge in [-0.2, -0.15) is 0 Å². The number of halogens is 3. The average molecular weight is 365 g/mol. The highest BCUT2D eigenvalue weighted by molar-refractivity contribution is 6.42. The van der Waals surface area contributed by atoms with Gasteiger partial charge in [0.1, 0.15) is 0 Å². The lowest BCUT2D eigenvalue weighted by atomic mass is 9.98. The summed E-state index contributed by atoms with van der Waals surface area (Å²) in [5.41, 5.74) is 0.418. The van der Waals surface area contributed by atoms with Crippen molar-refractivity contribution in [3.63, 3.8) is 0 Å². The van der Waals surface area contributed by atoms with Crippen LogP contribution in [0.5, 0.6) is 0 Å². The maximum Gasteiger partial charge on any atom is 0.238 e. The molecule has 1 fully saturated rings. The number of carbonyl (C=O) groups is 1. The topological polar surface area (TPSA) is 44.4 Å². The van der Waals surface area contributed by atoms with E-state index in [0.717, 1.165) is 26.1 Å². The third kappa shape index (κ3) is 5.00. The molecule has 0 spiro atoms. The standard InChI is InChI=1S/C15H20Cl3N3O/c1-19-7-10-3-2-4-21(8-10)9-14(22)20-15-12(17)5-11(16)6-13(15)18/h5-6,10,19H,2-4,7-9H2,1H3,(H,20,22). The summed E-state index contributed by atoms with van der Waals surface area (Å²) >= 11 is 18.0. The van der Waals surface area contributed by atoms with E-state index in [2.05, 4.69) is 15.5 Å². The summed E-state index contributed by atoms with van der Waals surface area (Å²) in [6, 6.07) is 3.13. The van der Waals surface area contributed by atoms with E-state index >= 15 is 0 Å². The van der Waals surface area contributed by atoms with Crippen LogP contribution < -0.4 is 10.6 Å². The second-order valence-corrected chi connectivity index (χ2v) is 6.84. The fourth-order valence-electron chi connectivity index (χ4n) is 2.79. The molecule has 1 atom stereocenters. The minimum absolute atomic E-state index is 0.115. The third-order valence-corrected chi connectivity index (χ3v) is 4.55. The molecule has 4 nitrogen and oxygen atoms in total. The summed E-state index contributed by atoms with van der Waals surface area (Å²) in [6.45, 7) is 3.19. The Morgan fingerprint density at radius 3 is 2.64 bits per heavy atom. The van der Waals surface area contributed by atoms with Crippen molar-refractivity contribution in [1.29, 1.82) is 0 Å². The highest BCUT2D eigenvalue weighted by Gasteiger charge is 2.21. The van der Waals surface area contributed by atoms with Crippen LogP contribution in [-0.4, -0.2) is 44.0 Å². The van der Waals surface area contributed by atoms with Crippen molar-refractivity contribution in [3.8, 4) is 0 Å². The smallest absolute Gasteiger partial charge is 0.238 e. The van der Waals surface area contributed by atoms with Crippen LogP contribution in [0.2, 0.25) is 15.1 Å². The minimum Gasteiger partial charge on any atom is -0.322 e. The van der Waals surface area contributed by atoms with Gasteiger partial charge in [-0.15, -0.1) is 0 Å². The van der Waals surface area contributed by atoms with Crippen LogP contribution in [0.25, 0.3) is 0 Å². The minimum atomic E-state index is -0.115. The fourth-order valence-corrected chi connectivity index (χ4v) is 3.71. The molecule has 1 heterocycles. The van der Waals surface area contributed by atoms with Gasteiger partial charge in [0.05, 0.1) is 22.3 Å². The first kappa shape index (κ1) is 17.8. The summed E-state index contributed by atoms with van der Waals surface area (Å²) in [5, 5.41) is 7.11. The van der Waals surface area contributed by atoms with Crippen LogP contribution >= 0.6 is 34.8 Å². The molecule has 1 aromatic rings. The van der Waals surface area contributed by atoms with Crippen LogP contribution in [0, 0.1) is 5.92 Å². The molecular weight excluding hydrogens is 345 g/mol. The lowest BCUT2D eigenvalue weighted by Gasteiger charge is -2.32. The van der Waals surface area contributed by atoms with Gasteiger partial charge in [0, 0.05) is 11.6 Å². The zero-order valence-corrected chi connectivity index (χ0v) is 14.7. The Morgan fingerprint density at radius 1 is 1.32 bits per heavy atom. The summed E-state index contributed by atoms with van der Waals surface area (Å²) in [5.74, 6) is 0.477. The number of piperidine rings is 1. The first-order valence-electron chi connectivity index (χ1n) is 7.31. The highest BCUT2D eigenvalue weighted by atomic mass is 35.5. The van der Waals surface area contributed by atoms with E-state index in [-0.39, 0.29) is 5.91 Å². The van der Waals surface area contributed by atoms with Gasteiger partial charge in [0.25, 0.3) is 0 Å². The maximum absolute atomic E-state index is 12.2. The number of nitrogens with one attached hydrogen (secondary N) is 2. The molecule has 1 aromatic carbocycles. The lowest BCUT2D eigenvalue weighted by Crippen LogP contribution is -2.42. The second-order valence-electron chi connectivity index (χ2n) is 5.59. The Labute approximate surface area is 146 Å². The molecule has 122 valence electrons. The number of benzene rings is 1. The summed E-state index contributed by atoms with van der Waals surface area (Å²) < 4.78 is 0. The molecule has 1 saturated heterocycles. The van der Waals surface area contributed by atoms with Crippen LogP contribution in [-0.2, 0) is 4.79 Å². The van der Waals surface area contributed by atoms with Crippen molar-refractivity contribution >= 4 is 46.4 Å². The number of likely N-dealkylation sites (tertiary alicyclic amines) is 1. The van der Waals surface area contributed by atoms with Crippen molar-refractivity contribution in [1.82, 2.24) is 10.2 Å². The Hall–Kier alpha value is -0.520. The van der Waals surface area contributed by atoms with E-state index in [0.29, 0.717) is 33.2 Å². The van der Waals surface area contributed by atoms with Crippen molar-refractivity contribution in [2.75, 3.05) is 38.5 Å². The summed E-state index contributed by atoms with van der Waals surface area (Å²) in [6.07, 6.45) is 2.32. The van der Waals surface area contributed by atoms with Crippen molar-refractivity contribution in [2.24, 2.45) is 5.92 Å². The SMILES string of the molecule is CNCC1CCCN(CC(=O)Nc2c(Cl)cc(Cl)cc2Cl)C1. The molecule has 1 amide bonds. The molecule has 7 heteroatoms. The van der Waals surface area contributed by atoms with E-state index in [1.165, 1.54) is 6.42 Å². The second kappa shape index (κ2) is 8.37. The molecule has 1 unspecified atom stereocenters. The van der Waals surface area contributed by atoms with E-state index < -0.39 is 0 Å². The van der Waals surface area contributed by atoms with E-state index in [1.54, 1.807) is 12.1 Å². The van der Waals surface area contributed by atoms with E-state index in [9.17, 15) is 4.79 Å². The normalized spacial score (nSPS) is 19.2. The number of carbonyl (C=O) groups excluding carboxylic acids is 1. The van der Waals surface area contributed by atoms with E-state index in [4.69, 9.17) is 34.8 Å². The molecule has 1 aliphatic heterocycles. The monoisotopic (exact) mass is 363 g/mol. The zero-order chi connectivity index (χ0) is 16.1. The molecule has 0 aliphatic carbocycles. The molecular formula is C15H20Cl3N3O. The van der Waals surface area contributed by atoms with Gasteiger partial charge in [-0.05, 0) is 51.0 Å². The molecule has 2 N–H and O–H groups in total. The van der Waals surface area contributed by atoms with Crippen LogP contribution in [0.3, 0.4) is 0 Å². The number of nitrogens with zero attached hydrogens (tertiary/aromatic N) is 1. The number of hydrogen-bond acceptors (Lipinski definition) is 3. The molecule has 2 rings (SSSR count). The van der Waals surface area contributed by atoms with Gasteiger partial charge in [0.15, 0.2) is 0 Å². The fraction of sp³-hybridized carbons (Fsp3) is 0.533. The molecule has 22 heavy (non-hydrogen) atoms. The first-order valence-corrected chi connectivity index (χ1v) is 8.44. The predicted molar refractivity (Wildman–Crippen MR) is 93.2 cm³/mol. The van der Waals surface area contributed by atoms with Gasteiger partial charge in [-0.25, -0.2) is 0 Å². The molecule has 0 radical (unpaired) electrons. The van der Waals surface area contributed by atoms with Gasteiger partial charge >= 0.3 is 0 Å². The number of rotatable bonds is 5. The molecule has 0 aromatic heterocycles. The first-order chi connectivity index (χ1) is 10.5. The van der Waals surface area contributed by atoms with E-state index in [1.807, 2.05) is 7.05 Å². The van der Waals surface area contributed by atoms with Crippen molar-refractivity contribution in [3.05, 3.63) is 27.2 Å². The number of anilines is 1. The quantitative estimate of drug-likeness (QED) is 0.840. The van der Waals surface area contributed by atoms with Crippen LogP contribution in [0.4, 0.5) is 5.69 Å². The van der Waals surface area contributed by atoms with Gasteiger partial charge in [-0.1, -0.05) is 34.8 Å². The van der Waals surface area contributed by atoms with Gasteiger partial charge in [0.2, 0.25) is 5.91 Å². The Bertz CT molecular complexity index is 514.